The molecule has 2 aromatic heterocycles. The number of benzene rings is 12. The van der Waals surface area contributed by atoms with E-state index >= 15 is 0 Å². The minimum absolute atomic E-state index is 0.645. The lowest BCUT2D eigenvalue weighted by atomic mass is 9.95. The fraction of sp³-hybridized carbons (Fsp3) is 0.0595. The number of pyridine rings is 1. The molecule has 89 heavy (non-hydrogen) atoms. The second kappa shape index (κ2) is 22.2. The Balaban J connectivity index is 0.000000160. The van der Waals surface area contributed by atoms with Crippen molar-refractivity contribution in [3.63, 3.8) is 0 Å². The zero-order chi connectivity index (χ0) is 59.5. The molecule has 424 valence electrons. The maximum Gasteiger partial charge on any atom is 0.0541 e. The first kappa shape index (κ1) is 53.2. The Kier molecular flexibility index (Phi) is 13.3. The molecule has 0 amide bonds. The number of aromatic nitrogens is 2. The quantitative estimate of drug-likeness (QED) is 0.129. The molecular formula is C84H63N5. The molecule has 12 aromatic carbocycles. The molecule has 0 radical (unpaired) electrons. The summed E-state index contributed by atoms with van der Waals surface area (Å²) in [5.74, 6) is 1.34. The number of rotatable bonds is 11. The Bertz CT molecular complexity index is 5050. The van der Waals surface area contributed by atoms with Crippen LogP contribution in [0.1, 0.15) is 51.3 Å². The first-order chi connectivity index (χ1) is 43.9. The van der Waals surface area contributed by atoms with Crippen molar-refractivity contribution in [3.8, 4) is 16.8 Å². The van der Waals surface area contributed by atoms with Crippen molar-refractivity contribution < 1.29 is 0 Å². The molecule has 1 fully saturated rings. The van der Waals surface area contributed by atoms with Crippen LogP contribution in [0.5, 0.6) is 0 Å². The molecule has 5 nitrogen and oxygen atoms in total. The normalized spacial score (nSPS) is 14.3. The molecule has 2 aliphatic carbocycles. The Morgan fingerprint density at radius 3 is 1.63 bits per heavy atom. The first-order valence-electron chi connectivity index (χ1n) is 30.8. The van der Waals surface area contributed by atoms with E-state index in [0.29, 0.717) is 11.8 Å². The van der Waals surface area contributed by atoms with Crippen LogP contribution in [0.25, 0.3) is 78.4 Å². The molecule has 0 N–H and O–H groups in total. The minimum Gasteiger partial charge on any atom is -0.310 e. The van der Waals surface area contributed by atoms with Gasteiger partial charge in [-0.25, -0.2) is 0 Å². The average molecular weight is 1140 g/mol. The maximum atomic E-state index is 4.56. The van der Waals surface area contributed by atoms with Gasteiger partial charge in [-0.1, -0.05) is 189 Å². The summed E-state index contributed by atoms with van der Waals surface area (Å²) in [6.45, 7) is 10.4. The molecule has 0 spiro atoms. The number of fused-ring (bicyclic) bond motifs is 10. The van der Waals surface area contributed by atoms with Crippen molar-refractivity contribution in [1.29, 1.82) is 0 Å². The summed E-state index contributed by atoms with van der Waals surface area (Å²) in [7, 11) is 0. The molecule has 0 saturated heterocycles. The molecule has 3 heterocycles. The summed E-state index contributed by atoms with van der Waals surface area (Å²) in [4.78, 5) is 11.8. The van der Waals surface area contributed by atoms with Gasteiger partial charge in [0, 0.05) is 92.0 Å². The standard InChI is InChI=1S/C52H39N3.C32H24N2/c1-3-35-17-20-45(26-36(35)4-2)54(46-21-18-37-10-5-7-12-39(37)27-46)49-30-44(43-14-9-25-53-34-43)31-50(33-49)55(47-22-19-38-11-6-8-13-40(38)28-47)48-23-24-51-41(29-48)15-16-42-32-52(42)51;1-22-18-25(33-29-14-6-2-10-23(29)20-24-11-3-7-15-30(24)33)21-26(19-22)34-31-16-8-4-12-27(31)28-13-5-9-17-32(28)34/h3-31,33-34,42,52H,1-2,32H2;2-19,21H,20H2,1H3. The van der Waals surface area contributed by atoms with Gasteiger partial charge in [-0.3, -0.25) is 4.98 Å². The molecule has 2 atom stereocenters. The highest BCUT2D eigenvalue weighted by molar-refractivity contribution is 6.09. The topological polar surface area (TPSA) is 27.5 Å². The molecule has 0 bridgehead atoms. The highest BCUT2D eigenvalue weighted by Gasteiger charge is 2.39. The van der Waals surface area contributed by atoms with Crippen LogP contribution in [0.2, 0.25) is 0 Å². The van der Waals surface area contributed by atoms with Crippen LogP contribution in [0.4, 0.5) is 51.2 Å². The van der Waals surface area contributed by atoms with E-state index in [1.165, 1.54) is 100 Å². The van der Waals surface area contributed by atoms with E-state index in [1.807, 2.05) is 30.6 Å². The van der Waals surface area contributed by atoms with Crippen LogP contribution in [0.3, 0.4) is 0 Å². The van der Waals surface area contributed by atoms with Crippen LogP contribution < -0.4 is 14.7 Å². The lowest BCUT2D eigenvalue weighted by molar-refractivity contribution is 0.995. The van der Waals surface area contributed by atoms with E-state index in [4.69, 9.17) is 0 Å². The SMILES string of the molecule is C=Cc1ccc(N(c2cc(-c3cccnc3)cc(N(c3ccc4c(c3)C=CC3CC43)c3ccc4ccccc4c3)c2)c2ccc3ccccc3c2)cc1C=C.Cc1cc(N2c3ccccc3Cc3ccccc32)cc(-n2c3ccccc3c3ccccc32)c1. The zero-order valence-electron chi connectivity index (χ0n) is 49.6. The van der Waals surface area contributed by atoms with Gasteiger partial charge in [0.2, 0.25) is 0 Å². The van der Waals surface area contributed by atoms with E-state index < -0.39 is 0 Å². The molecule has 1 saturated carbocycles. The summed E-state index contributed by atoms with van der Waals surface area (Å²) < 4.78 is 2.41. The monoisotopic (exact) mass is 1140 g/mol. The maximum absolute atomic E-state index is 4.56. The zero-order valence-corrected chi connectivity index (χ0v) is 49.6. The summed E-state index contributed by atoms with van der Waals surface area (Å²) in [6.07, 6.45) is 14.5. The smallest absolute Gasteiger partial charge is 0.0541 e. The van der Waals surface area contributed by atoms with Crippen molar-refractivity contribution in [1.82, 2.24) is 9.55 Å². The first-order valence-corrected chi connectivity index (χ1v) is 30.8. The molecule has 2 unspecified atom stereocenters. The predicted octanol–water partition coefficient (Wildman–Crippen LogP) is 22.9. The number of para-hydroxylation sites is 4. The summed E-state index contributed by atoms with van der Waals surface area (Å²) in [5, 5.41) is 7.37. The van der Waals surface area contributed by atoms with Crippen LogP contribution in [0, 0.1) is 12.8 Å². The van der Waals surface area contributed by atoms with Gasteiger partial charge in [-0.05, 0) is 206 Å². The van der Waals surface area contributed by atoms with E-state index in [1.54, 1.807) is 0 Å². The van der Waals surface area contributed by atoms with Crippen molar-refractivity contribution >= 4 is 113 Å². The molecule has 3 aliphatic rings. The fourth-order valence-electron chi connectivity index (χ4n) is 13.9. The largest absolute Gasteiger partial charge is 0.310 e. The van der Waals surface area contributed by atoms with Gasteiger partial charge in [-0.15, -0.1) is 0 Å². The number of allylic oxidation sites excluding steroid dienone is 1. The van der Waals surface area contributed by atoms with Gasteiger partial charge >= 0.3 is 0 Å². The van der Waals surface area contributed by atoms with Crippen molar-refractivity contribution in [2.75, 3.05) is 14.7 Å². The van der Waals surface area contributed by atoms with Gasteiger partial charge in [0.05, 0.1) is 11.0 Å². The lowest BCUT2D eigenvalue weighted by Gasteiger charge is -2.34. The molecule has 5 heteroatoms. The molecular weight excluding hydrogens is 1080 g/mol. The summed E-state index contributed by atoms with van der Waals surface area (Å²) >= 11 is 0. The van der Waals surface area contributed by atoms with Crippen molar-refractivity contribution in [3.05, 3.63) is 337 Å². The predicted molar refractivity (Wildman–Crippen MR) is 377 cm³/mol. The van der Waals surface area contributed by atoms with E-state index in [-0.39, 0.29) is 0 Å². The van der Waals surface area contributed by atoms with Crippen LogP contribution in [-0.2, 0) is 6.42 Å². The third kappa shape index (κ3) is 9.74. The van der Waals surface area contributed by atoms with Gasteiger partial charge in [0.1, 0.15) is 0 Å². The van der Waals surface area contributed by atoms with Crippen LogP contribution in [0.15, 0.2) is 299 Å². The van der Waals surface area contributed by atoms with E-state index in [2.05, 4.69) is 317 Å². The van der Waals surface area contributed by atoms with Crippen molar-refractivity contribution in [2.24, 2.45) is 5.92 Å². The Morgan fingerprint density at radius 1 is 0.449 bits per heavy atom. The number of nitrogens with zero attached hydrogens (tertiary/aromatic N) is 5. The van der Waals surface area contributed by atoms with Crippen LogP contribution in [-0.4, -0.2) is 9.55 Å². The second-order valence-corrected chi connectivity index (χ2v) is 23.8. The second-order valence-electron chi connectivity index (χ2n) is 23.8. The van der Waals surface area contributed by atoms with Gasteiger partial charge < -0.3 is 19.3 Å². The fourth-order valence-corrected chi connectivity index (χ4v) is 13.9. The third-order valence-corrected chi connectivity index (χ3v) is 18.2. The summed E-state index contributed by atoms with van der Waals surface area (Å²) in [5.41, 5.74) is 24.7. The lowest BCUT2D eigenvalue weighted by Crippen LogP contribution is -2.18. The minimum atomic E-state index is 0.645. The average Bonchev–Trinajstić information content (AvgIpc) is 2.02. The highest BCUT2D eigenvalue weighted by atomic mass is 15.2. The number of aryl methyl sites for hydroxylation is 1. The number of anilines is 9. The van der Waals surface area contributed by atoms with Gasteiger partial charge in [0.25, 0.3) is 0 Å². The molecule has 17 rings (SSSR count). The molecule has 1 aliphatic heterocycles. The Labute approximate surface area is 520 Å². The van der Waals surface area contributed by atoms with E-state index in [0.717, 1.165) is 62.8 Å². The van der Waals surface area contributed by atoms with Gasteiger partial charge in [0.15, 0.2) is 0 Å². The summed E-state index contributed by atoms with van der Waals surface area (Å²) in [6, 6.07) is 97.2. The van der Waals surface area contributed by atoms with E-state index in [9.17, 15) is 0 Å². The molecule has 14 aromatic rings. The third-order valence-electron chi connectivity index (χ3n) is 18.2. The van der Waals surface area contributed by atoms with Crippen molar-refractivity contribution in [2.45, 2.75) is 25.7 Å². The number of hydrogen-bond donors (Lipinski definition) is 0. The van der Waals surface area contributed by atoms with Gasteiger partial charge in [-0.2, -0.15) is 0 Å². The Morgan fingerprint density at radius 2 is 1.00 bits per heavy atom. The van der Waals surface area contributed by atoms with Crippen LogP contribution >= 0.6 is 0 Å². The number of hydrogen-bond acceptors (Lipinski definition) is 4. The highest BCUT2D eigenvalue weighted by Crippen LogP contribution is 2.54. The Hall–Kier alpha value is -11.3.